The van der Waals surface area contributed by atoms with Gasteiger partial charge < -0.3 is 9.47 Å². The molecular formula is C21H27NO5S. The van der Waals surface area contributed by atoms with E-state index in [0.29, 0.717) is 5.57 Å². The number of carbonyl (C=O) groups is 3. The predicted molar refractivity (Wildman–Crippen MR) is 108 cm³/mol. The lowest BCUT2D eigenvalue weighted by molar-refractivity contribution is -0.162. The summed E-state index contributed by atoms with van der Waals surface area (Å²) in [4.78, 5) is 39.5. The second kappa shape index (κ2) is 8.39. The van der Waals surface area contributed by atoms with Crippen LogP contribution >= 0.6 is 11.8 Å². The minimum Gasteiger partial charge on any atom is -0.458 e. The number of amides is 1. The smallest absolute Gasteiger partial charge is 0.411 e. The van der Waals surface area contributed by atoms with Crippen LogP contribution in [-0.2, 0) is 19.1 Å². The van der Waals surface area contributed by atoms with Crippen LogP contribution in [0.3, 0.4) is 0 Å². The average molecular weight is 406 g/mol. The summed E-state index contributed by atoms with van der Waals surface area (Å²) >= 11 is 1.07. The fraction of sp³-hybridized carbons (Fsp3) is 0.476. The Morgan fingerprint density at radius 2 is 1.57 bits per heavy atom. The van der Waals surface area contributed by atoms with Gasteiger partial charge in [-0.3, -0.25) is 9.69 Å². The number of carbonyl (C=O) groups excluding carboxylic acids is 3. The number of ether oxygens (including phenoxy) is 2. The van der Waals surface area contributed by atoms with E-state index < -0.39 is 29.3 Å². The molecule has 6 nitrogen and oxygen atoms in total. The Kier molecular flexibility index (Phi) is 6.59. The summed E-state index contributed by atoms with van der Waals surface area (Å²) in [5.41, 5.74) is -0.859. The topological polar surface area (TPSA) is 72.9 Å². The van der Waals surface area contributed by atoms with Crippen LogP contribution in [0.15, 0.2) is 46.9 Å². The normalized spacial score (nSPS) is 18.4. The van der Waals surface area contributed by atoms with Crippen LogP contribution in [0.4, 0.5) is 4.79 Å². The molecule has 0 spiro atoms. The molecule has 1 fully saturated rings. The lowest BCUT2D eigenvalue weighted by Crippen LogP contribution is -2.59. The van der Waals surface area contributed by atoms with Crippen LogP contribution in [-0.4, -0.2) is 45.9 Å². The van der Waals surface area contributed by atoms with E-state index in [9.17, 15) is 14.4 Å². The molecule has 0 aliphatic carbocycles. The van der Waals surface area contributed by atoms with Crippen molar-refractivity contribution in [2.45, 2.75) is 63.7 Å². The van der Waals surface area contributed by atoms with Crippen molar-refractivity contribution in [2.75, 3.05) is 6.54 Å². The molecule has 28 heavy (non-hydrogen) atoms. The zero-order valence-electron chi connectivity index (χ0n) is 17.1. The molecular weight excluding hydrogens is 378 g/mol. The summed E-state index contributed by atoms with van der Waals surface area (Å²) < 4.78 is 10.8. The van der Waals surface area contributed by atoms with Crippen molar-refractivity contribution < 1.29 is 23.9 Å². The van der Waals surface area contributed by atoms with Gasteiger partial charge in [0.05, 0.1) is 0 Å². The van der Waals surface area contributed by atoms with Crippen LogP contribution < -0.4 is 0 Å². The van der Waals surface area contributed by atoms with E-state index in [4.69, 9.17) is 9.47 Å². The molecule has 0 N–H and O–H groups in total. The van der Waals surface area contributed by atoms with Crippen molar-refractivity contribution >= 4 is 28.9 Å². The highest BCUT2D eigenvalue weighted by molar-refractivity contribution is 8.14. The fourth-order valence-electron chi connectivity index (χ4n) is 2.50. The van der Waals surface area contributed by atoms with Crippen LogP contribution in [0.25, 0.3) is 0 Å². The number of nitrogens with zero attached hydrogens (tertiary/aromatic N) is 1. The maximum absolute atomic E-state index is 12.6. The second-order valence-electron chi connectivity index (χ2n) is 8.50. The molecule has 0 radical (unpaired) electrons. The van der Waals surface area contributed by atoms with Crippen molar-refractivity contribution in [3.8, 4) is 0 Å². The number of hydrogen-bond acceptors (Lipinski definition) is 6. The molecule has 2 rings (SSSR count). The number of benzene rings is 1. The van der Waals surface area contributed by atoms with E-state index in [1.54, 1.807) is 41.5 Å². The monoisotopic (exact) mass is 405 g/mol. The molecule has 1 heterocycles. The van der Waals surface area contributed by atoms with Gasteiger partial charge in [-0.2, -0.15) is 0 Å². The van der Waals surface area contributed by atoms with Crippen molar-refractivity contribution in [3.63, 3.8) is 0 Å². The largest absolute Gasteiger partial charge is 0.458 e. The number of thioether (sulfide) groups is 1. The molecule has 1 aromatic rings. The van der Waals surface area contributed by atoms with Crippen LogP contribution in [0.1, 0.15) is 41.5 Å². The molecule has 0 aromatic heterocycles. The lowest BCUT2D eigenvalue weighted by atomic mass is 9.95. The van der Waals surface area contributed by atoms with E-state index in [1.165, 1.54) is 11.0 Å². The molecule has 0 bridgehead atoms. The van der Waals surface area contributed by atoms with Gasteiger partial charge in [-0.15, -0.1) is 0 Å². The Labute approximate surface area is 170 Å². The van der Waals surface area contributed by atoms with Gasteiger partial charge >= 0.3 is 12.1 Å². The van der Waals surface area contributed by atoms with Gasteiger partial charge in [0.15, 0.2) is 6.04 Å². The molecule has 1 aliphatic rings. The molecule has 1 amide bonds. The van der Waals surface area contributed by atoms with Gasteiger partial charge in [-0.05, 0) is 77.1 Å². The van der Waals surface area contributed by atoms with E-state index in [0.717, 1.165) is 16.7 Å². The van der Waals surface area contributed by atoms with Gasteiger partial charge in [-0.25, -0.2) is 9.59 Å². The van der Waals surface area contributed by atoms with Gasteiger partial charge in [-0.1, -0.05) is 18.2 Å². The summed E-state index contributed by atoms with van der Waals surface area (Å²) in [6.07, 6.45) is 0.802. The average Bonchev–Trinajstić information content (AvgIpc) is 2.48. The van der Waals surface area contributed by atoms with Gasteiger partial charge in [0.25, 0.3) is 0 Å². The first-order valence-electron chi connectivity index (χ1n) is 9.05. The van der Waals surface area contributed by atoms with Crippen LogP contribution in [0.5, 0.6) is 0 Å². The molecule has 1 unspecified atom stereocenters. The summed E-state index contributed by atoms with van der Waals surface area (Å²) in [5.74, 6) is -0.576. The molecule has 1 aromatic carbocycles. The highest BCUT2D eigenvalue weighted by atomic mass is 32.2. The van der Waals surface area contributed by atoms with Crippen molar-refractivity contribution in [1.29, 1.82) is 0 Å². The third kappa shape index (κ3) is 6.41. The first-order chi connectivity index (χ1) is 12.9. The Bertz CT molecular complexity index is 774. The Morgan fingerprint density at radius 3 is 2.11 bits per heavy atom. The van der Waals surface area contributed by atoms with Crippen molar-refractivity contribution in [3.05, 3.63) is 42.0 Å². The zero-order valence-corrected chi connectivity index (χ0v) is 18.0. The van der Waals surface area contributed by atoms with Crippen molar-refractivity contribution in [2.24, 2.45) is 0 Å². The standard InChI is InChI=1S/C21H27NO5S/c1-20(2,3)26-18(24)17-14(13-22(17)19(25)27-21(4,5)6)12-16(23)28-15-10-8-7-9-11-15/h7-12,17H,13H2,1-6H3/b14-12+. The van der Waals surface area contributed by atoms with E-state index in [1.807, 2.05) is 30.3 Å². The molecule has 1 saturated heterocycles. The second-order valence-corrected chi connectivity index (χ2v) is 9.58. The Hall–Kier alpha value is -2.28. The molecule has 7 heteroatoms. The van der Waals surface area contributed by atoms with Gasteiger partial charge in [0.1, 0.15) is 11.2 Å². The van der Waals surface area contributed by atoms with E-state index >= 15 is 0 Å². The molecule has 1 atom stereocenters. The van der Waals surface area contributed by atoms with Gasteiger partial charge in [0, 0.05) is 11.4 Å². The zero-order chi connectivity index (χ0) is 21.1. The van der Waals surface area contributed by atoms with Crippen LogP contribution in [0, 0.1) is 0 Å². The maximum atomic E-state index is 12.6. The fourth-order valence-corrected chi connectivity index (χ4v) is 3.23. The Balaban J connectivity index is 2.17. The number of rotatable bonds is 3. The van der Waals surface area contributed by atoms with Gasteiger partial charge in [0.2, 0.25) is 5.12 Å². The SMILES string of the molecule is CC(C)(C)OC(=O)C1/C(=C/C(=O)Sc2ccccc2)CN1C(=O)OC(C)(C)C. The summed E-state index contributed by atoms with van der Waals surface area (Å²) in [6.45, 7) is 10.7. The first-order valence-corrected chi connectivity index (χ1v) is 9.87. The van der Waals surface area contributed by atoms with Crippen molar-refractivity contribution in [1.82, 2.24) is 4.90 Å². The summed E-state index contributed by atoms with van der Waals surface area (Å²) in [5, 5.41) is -0.210. The quantitative estimate of drug-likeness (QED) is 0.426. The molecule has 0 saturated carbocycles. The number of likely N-dealkylation sites (tertiary alicyclic amines) is 1. The van der Waals surface area contributed by atoms with E-state index in [2.05, 4.69) is 0 Å². The van der Waals surface area contributed by atoms with E-state index in [-0.39, 0.29) is 11.7 Å². The number of esters is 1. The molecule has 1 aliphatic heterocycles. The summed E-state index contributed by atoms with van der Waals surface area (Å²) in [7, 11) is 0. The lowest BCUT2D eigenvalue weighted by Gasteiger charge is -2.42. The maximum Gasteiger partial charge on any atom is 0.411 e. The summed E-state index contributed by atoms with van der Waals surface area (Å²) in [6, 6.07) is 8.28. The molecule has 152 valence electrons. The highest BCUT2D eigenvalue weighted by Crippen LogP contribution is 2.30. The van der Waals surface area contributed by atoms with Crippen LogP contribution in [0.2, 0.25) is 0 Å². The Morgan fingerprint density at radius 1 is 1.00 bits per heavy atom. The first kappa shape index (κ1) is 22.0. The minimum atomic E-state index is -0.950. The third-order valence-electron chi connectivity index (χ3n) is 3.54. The predicted octanol–water partition coefficient (Wildman–Crippen LogP) is 4.19. The highest BCUT2D eigenvalue weighted by Gasteiger charge is 2.46. The minimum absolute atomic E-state index is 0.153. The number of hydrogen-bond donors (Lipinski definition) is 0. The third-order valence-corrected chi connectivity index (χ3v) is 4.37.